The van der Waals surface area contributed by atoms with Gasteiger partial charge < -0.3 is 0 Å². The molecule has 3 aromatic heterocycles. The Bertz CT molecular complexity index is 2110. The van der Waals surface area contributed by atoms with Crippen LogP contribution in [0.5, 0.6) is 0 Å². The van der Waals surface area contributed by atoms with Crippen LogP contribution in [0.1, 0.15) is 153 Å². The maximum absolute atomic E-state index is 2.41. The van der Waals surface area contributed by atoms with E-state index in [2.05, 4.69) is 123 Å². The van der Waals surface area contributed by atoms with E-state index in [-0.39, 0.29) is 0 Å². The van der Waals surface area contributed by atoms with Crippen LogP contribution in [0.15, 0.2) is 109 Å². The van der Waals surface area contributed by atoms with Crippen molar-refractivity contribution in [3.63, 3.8) is 0 Å². The molecule has 0 unspecified atom stereocenters. The van der Waals surface area contributed by atoms with E-state index in [0.717, 1.165) is 12.8 Å². The zero-order chi connectivity index (χ0) is 40.5. The Morgan fingerprint density at radius 3 is 1.00 bits per heavy atom. The normalized spacial score (nSPS) is 11.7. The Labute approximate surface area is 369 Å². The summed E-state index contributed by atoms with van der Waals surface area (Å²) in [6, 6.07) is 41.2. The lowest BCUT2D eigenvalue weighted by Crippen LogP contribution is -1.91. The first-order valence-electron chi connectivity index (χ1n) is 23.6. The second-order valence-electron chi connectivity index (χ2n) is 16.9. The summed E-state index contributed by atoms with van der Waals surface area (Å²) in [5, 5.41) is 0. The highest BCUT2D eigenvalue weighted by Gasteiger charge is 2.26. The molecule has 0 saturated heterocycles. The van der Waals surface area contributed by atoms with E-state index in [1.807, 2.05) is 34.0 Å². The van der Waals surface area contributed by atoms with Crippen molar-refractivity contribution in [2.45, 2.75) is 155 Å². The van der Waals surface area contributed by atoms with E-state index < -0.39 is 0 Å². The summed E-state index contributed by atoms with van der Waals surface area (Å²) in [5.74, 6) is 0. The maximum atomic E-state index is 2.41. The predicted molar refractivity (Wildman–Crippen MR) is 268 cm³/mol. The second-order valence-corrected chi connectivity index (χ2v) is 20.0. The molecular weight excluding hydrogens is 769 g/mol. The molecule has 0 spiro atoms. The minimum absolute atomic E-state index is 1.15. The third-order valence-corrected chi connectivity index (χ3v) is 16.5. The van der Waals surface area contributed by atoms with Gasteiger partial charge in [-0.25, -0.2) is 0 Å². The first-order valence-corrected chi connectivity index (χ1v) is 26.0. The molecule has 7 rings (SSSR count). The molecule has 4 aromatic carbocycles. The van der Waals surface area contributed by atoms with Gasteiger partial charge in [0.15, 0.2) is 0 Å². The molecule has 0 aliphatic rings. The van der Waals surface area contributed by atoms with Crippen LogP contribution >= 0.6 is 34.0 Å². The number of unbranched alkanes of at least 4 members (excludes halogenated alkanes) is 18. The van der Waals surface area contributed by atoms with E-state index in [0.29, 0.717) is 0 Å². The summed E-state index contributed by atoms with van der Waals surface area (Å²) in [7, 11) is 0. The van der Waals surface area contributed by atoms with Crippen molar-refractivity contribution in [2.24, 2.45) is 0 Å². The molecule has 0 saturated carbocycles. The smallest absolute Gasteiger partial charge is 0.0642 e. The van der Waals surface area contributed by atoms with Gasteiger partial charge in [-0.15, -0.1) is 34.0 Å². The lowest BCUT2D eigenvalue weighted by Gasteiger charge is -2.12. The number of hydrogen-bond donors (Lipinski definition) is 0. The Morgan fingerprint density at radius 1 is 0.305 bits per heavy atom. The van der Waals surface area contributed by atoms with E-state index in [9.17, 15) is 0 Å². The molecule has 0 aliphatic carbocycles. The van der Waals surface area contributed by atoms with Crippen LogP contribution in [0.25, 0.3) is 61.9 Å². The standard InChI is InChI=1S/C56H68S3/c1-3-5-7-9-11-13-15-17-19-23-33-43-35-29-31-41-47(43)51-49(45-37-25-21-26-38-45)53-55(57-51)56-54(59-53)50(46-39-27-22-28-40-46)52(58-56)48-42-32-30-36-44(48)34-24-20-18-16-14-12-10-8-6-4-2/h21-22,25-32,35-42H,3-20,23-24,33-34H2,1-2H3. The van der Waals surface area contributed by atoms with E-state index >= 15 is 0 Å². The molecule has 0 atom stereocenters. The molecule has 3 heteroatoms. The molecule has 0 amide bonds. The molecule has 0 nitrogen and oxygen atoms in total. The topological polar surface area (TPSA) is 0 Å². The van der Waals surface area contributed by atoms with Gasteiger partial charge >= 0.3 is 0 Å². The fraction of sp³-hybridized carbons (Fsp3) is 0.429. The van der Waals surface area contributed by atoms with E-state index in [1.165, 1.54) is 201 Å². The summed E-state index contributed by atoms with van der Waals surface area (Å²) in [6.45, 7) is 4.61. The van der Waals surface area contributed by atoms with Crippen LogP contribution in [0.2, 0.25) is 0 Å². The number of fused-ring (bicyclic) bond motifs is 3. The van der Waals surface area contributed by atoms with Crippen molar-refractivity contribution >= 4 is 52.8 Å². The molecule has 0 radical (unpaired) electrons. The van der Waals surface area contributed by atoms with Gasteiger partial charge in [0.1, 0.15) is 0 Å². The summed E-state index contributed by atoms with van der Waals surface area (Å²) in [6.07, 6.45) is 29.8. The Kier molecular flexibility index (Phi) is 17.3. The van der Waals surface area contributed by atoms with Gasteiger partial charge in [-0.3, -0.25) is 0 Å². The maximum Gasteiger partial charge on any atom is 0.0642 e. The number of aryl methyl sites for hydroxylation is 2. The lowest BCUT2D eigenvalue weighted by molar-refractivity contribution is 0.556. The Balaban J connectivity index is 1.17. The van der Waals surface area contributed by atoms with Crippen LogP contribution in [-0.2, 0) is 12.8 Å². The van der Waals surface area contributed by atoms with Crippen molar-refractivity contribution in [1.29, 1.82) is 0 Å². The largest absolute Gasteiger partial charge is 0.132 e. The summed E-state index contributed by atoms with van der Waals surface area (Å²) < 4.78 is 5.84. The highest BCUT2D eigenvalue weighted by Crippen LogP contribution is 2.57. The van der Waals surface area contributed by atoms with Gasteiger partial charge in [-0.05, 0) is 59.1 Å². The highest BCUT2D eigenvalue weighted by molar-refractivity contribution is 7.41. The van der Waals surface area contributed by atoms with Gasteiger partial charge in [0.05, 0.1) is 18.8 Å². The first kappa shape index (κ1) is 43.6. The van der Waals surface area contributed by atoms with Crippen LogP contribution in [0, 0.1) is 0 Å². The van der Waals surface area contributed by atoms with Crippen LogP contribution in [0.4, 0.5) is 0 Å². The fourth-order valence-electron chi connectivity index (χ4n) is 9.07. The zero-order valence-electron chi connectivity index (χ0n) is 36.2. The summed E-state index contributed by atoms with van der Waals surface area (Å²) in [4.78, 5) is 2.89. The second kappa shape index (κ2) is 23.5. The molecular formula is C56H68S3. The van der Waals surface area contributed by atoms with Crippen LogP contribution in [-0.4, -0.2) is 0 Å². The average Bonchev–Trinajstić information content (AvgIpc) is 3.94. The van der Waals surface area contributed by atoms with E-state index in [1.54, 1.807) is 0 Å². The zero-order valence-corrected chi connectivity index (χ0v) is 38.6. The fourth-order valence-corrected chi connectivity index (χ4v) is 13.8. The molecule has 0 fully saturated rings. The van der Waals surface area contributed by atoms with E-state index in [4.69, 9.17) is 0 Å². The van der Waals surface area contributed by atoms with Gasteiger partial charge in [-0.1, -0.05) is 239 Å². The summed E-state index contributed by atoms with van der Waals surface area (Å²) in [5.41, 5.74) is 11.4. The minimum atomic E-state index is 1.15. The number of hydrogen-bond acceptors (Lipinski definition) is 3. The van der Waals surface area contributed by atoms with Gasteiger partial charge in [0, 0.05) is 20.9 Å². The lowest BCUT2D eigenvalue weighted by atomic mass is 9.95. The highest BCUT2D eigenvalue weighted by atomic mass is 32.1. The molecule has 0 aliphatic heterocycles. The molecule has 310 valence electrons. The van der Waals surface area contributed by atoms with Crippen molar-refractivity contribution in [1.82, 2.24) is 0 Å². The Morgan fingerprint density at radius 2 is 0.627 bits per heavy atom. The SMILES string of the molecule is CCCCCCCCCCCCc1ccccc1-c1sc2c(sc3c(-c4ccccc4)c(-c4ccccc4CCCCCCCCCCCC)sc32)c1-c1ccccc1. The molecule has 0 N–H and O–H groups in total. The molecule has 7 aromatic rings. The van der Waals surface area contributed by atoms with Crippen LogP contribution < -0.4 is 0 Å². The number of benzene rings is 4. The van der Waals surface area contributed by atoms with Crippen LogP contribution in [0.3, 0.4) is 0 Å². The van der Waals surface area contributed by atoms with Gasteiger partial charge in [0.2, 0.25) is 0 Å². The van der Waals surface area contributed by atoms with Crippen molar-refractivity contribution in [3.05, 3.63) is 120 Å². The first-order chi connectivity index (χ1) is 29.3. The third-order valence-electron chi connectivity index (χ3n) is 12.4. The van der Waals surface area contributed by atoms with Crippen molar-refractivity contribution < 1.29 is 0 Å². The quantitative estimate of drug-likeness (QED) is 0.0477. The minimum Gasteiger partial charge on any atom is -0.132 e. The Hall–Kier alpha value is -3.50. The molecule has 59 heavy (non-hydrogen) atoms. The van der Waals surface area contributed by atoms with Crippen molar-refractivity contribution in [3.8, 4) is 43.1 Å². The average molecular weight is 837 g/mol. The monoisotopic (exact) mass is 836 g/mol. The molecule has 0 bridgehead atoms. The number of thiophene rings is 3. The predicted octanol–water partition coefficient (Wildman–Crippen LogP) is 19.8. The van der Waals surface area contributed by atoms with Gasteiger partial charge in [-0.2, -0.15) is 0 Å². The third kappa shape index (κ3) is 11.5. The van der Waals surface area contributed by atoms with Gasteiger partial charge in [0.25, 0.3) is 0 Å². The molecule has 3 heterocycles. The summed E-state index contributed by atoms with van der Waals surface area (Å²) >= 11 is 6.13. The van der Waals surface area contributed by atoms with Crippen molar-refractivity contribution in [2.75, 3.05) is 0 Å². The number of rotatable bonds is 26.